The molecule has 1 amide bonds. The number of amides is 1. The highest BCUT2D eigenvalue weighted by Gasteiger charge is 2.10. The van der Waals surface area contributed by atoms with E-state index in [0.29, 0.717) is 5.56 Å². The number of phenolic OH excluding ortho intramolecular Hbond substituents is 1. The van der Waals surface area contributed by atoms with Gasteiger partial charge in [0.05, 0.1) is 7.11 Å². The Morgan fingerprint density at radius 3 is 2.80 bits per heavy atom. The second-order valence-electron chi connectivity index (χ2n) is 4.20. The van der Waals surface area contributed by atoms with Crippen molar-refractivity contribution < 1.29 is 19.0 Å². The van der Waals surface area contributed by atoms with Crippen LogP contribution < -0.4 is 10.1 Å². The topological polar surface area (TPSA) is 58.6 Å². The first-order chi connectivity index (χ1) is 9.60. The molecule has 0 saturated heterocycles. The van der Waals surface area contributed by atoms with Gasteiger partial charge in [-0.1, -0.05) is 12.1 Å². The fraction of sp³-hybridized carbons (Fsp3) is 0.133. The number of aromatic hydroxyl groups is 1. The van der Waals surface area contributed by atoms with Crippen molar-refractivity contribution >= 4 is 5.91 Å². The SMILES string of the molecule is COc1cc(C(=O)NCc2cccc(O)c2)ccc1F. The first kappa shape index (κ1) is 13.9. The zero-order valence-corrected chi connectivity index (χ0v) is 10.9. The van der Waals surface area contributed by atoms with Crippen LogP contribution in [0.25, 0.3) is 0 Å². The van der Waals surface area contributed by atoms with Crippen LogP contribution in [0.1, 0.15) is 15.9 Å². The molecule has 0 fully saturated rings. The predicted molar refractivity (Wildman–Crippen MR) is 72.2 cm³/mol. The molecule has 5 heteroatoms. The number of halogens is 1. The lowest BCUT2D eigenvalue weighted by Crippen LogP contribution is -2.22. The van der Waals surface area contributed by atoms with E-state index in [0.717, 1.165) is 5.56 Å². The molecule has 2 aromatic rings. The molecule has 0 aliphatic carbocycles. The Morgan fingerprint density at radius 2 is 2.10 bits per heavy atom. The van der Waals surface area contributed by atoms with Crippen molar-refractivity contribution in [3.05, 3.63) is 59.4 Å². The second kappa shape index (κ2) is 6.06. The van der Waals surface area contributed by atoms with Gasteiger partial charge < -0.3 is 15.2 Å². The number of benzene rings is 2. The number of carbonyl (C=O) groups is 1. The maximum absolute atomic E-state index is 13.2. The molecule has 104 valence electrons. The fourth-order valence-electron chi connectivity index (χ4n) is 1.75. The summed E-state index contributed by atoms with van der Waals surface area (Å²) in [5.74, 6) is -0.695. The lowest BCUT2D eigenvalue weighted by atomic mass is 10.1. The molecule has 0 unspecified atom stereocenters. The van der Waals surface area contributed by atoms with Gasteiger partial charge in [-0.05, 0) is 35.9 Å². The summed E-state index contributed by atoms with van der Waals surface area (Å²) < 4.78 is 18.1. The van der Waals surface area contributed by atoms with Crippen molar-refractivity contribution in [1.29, 1.82) is 0 Å². The average Bonchev–Trinajstić information content (AvgIpc) is 2.45. The number of hydrogen-bond acceptors (Lipinski definition) is 3. The maximum atomic E-state index is 13.2. The van der Waals surface area contributed by atoms with Crippen molar-refractivity contribution in [2.45, 2.75) is 6.54 Å². The molecular weight excluding hydrogens is 261 g/mol. The number of rotatable bonds is 4. The van der Waals surface area contributed by atoms with E-state index in [1.165, 1.54) is 25.3 Å². The quantitative estimate of drug-likeness (QED) is 0.901. The summed E-state index contributed by atoms with van der Waals surface area (Å²) in [6.45, 7) is 0.271. The number of nitrogens with one attached hydrogen (secondary N) is 1. The first-order valence-electron chi connectivity index (χ1n) is 6.00. The fourth-order valence-corrected chi connectivity index (χ4v) is 1.75. The zero-order chi connectivity index (χ0) is 14.5. The van der Waals surface area contributed by atoms with E-state index in [4.69, 9.17) is 4.74 Å². The summed E-state index contributed by atoms with van der Waals surface area (Å²) >= 11 is 0. The molecule has 2 N–H and O–H groups in total. The van der Waals surface area contributed by atoms with Crippen LogP contribution in [0.5, 0.6) is 11.5 Å². The Labute approximate surface area is 115 Å². The third kappa shape index (κ3) is 3.26. The van der Waals surface area contributed by atoms with E-state index in [-0.39, 0.29) is 24.0 Å². The highest BCUT2D eigenvalue weighted by atomic mass is 19.1. The normalized spacial score (nSPS) is 10.1. The van der Waals surface area contributed by atoms with Crippen molar-refractivity contribution in [1.82, 2.24) is 5.32 Å². The van der Waals surface area contributed by atoms with Crippen molar-refractivity contribution in [2.24, 2.45) is 0 Å². The van der Waals surface area contributed by atoms with Crippen LogP contribution in [0.2, 0.25) is 0 Å². The molecule has 20 heavy (non-hydrogen) atoms. The molecule has 0 bridgehead atoms. The van der Waals surface area contributed by atoms with Crippen molar-refractivity contribution in [3.63, 3.8) is 0 Å². The van der Waals surface area contributed by atoms with Crippen LogP contribution in [-0.2, 0) is 6.54 Å². The van der Waals surface area contributed by atoms with Gasteiger partial charge in [0.15, 0.2) is 11.6 Å². The number of phenols is 1. The van der Waals surface area contributed by atoms with Crippen LogP contribution in [0.3, 0.4) is 0 Å². The van der Waals surface area contributed by atoms with Crippen LogP contribution in [-0.4, -0.2) is 18.1 Å². The third-order valence-electron chi connectivity index (χ3n) is 2.78. The highest BCUT2D eigenvalue weighted by molar-refractivity contribution is 5.94. The summed E-state index contributed by atoms with van der Waals surface area (Å²) in [4.78, 5) is 11.9. The predicted octanol–water partition coefficient (Wildman–Crippen LogP) is 2.47. The van der Waals surface area contributed by atoms with Gasteiger partial charge in [-0.3, -0.25) is 4.79 Å². The van der Waals surface area contributed by atoms with Gasteiger partial charge in [0.1, 0.15) is 5.75 Å². The molecular formula is C15H14FNO3. The summed E-state index contributed by atoms with van der Waals surface area (Å²) in [7, 11) is 1.34. The van der Waals surface area contributed by atoms with Crippen molar-refractivity contribution in [3.8, 4) is 11.5 Å². The number of hydrogen-bond donors (Lipinski definition) is 2. The highest BCUT2D eigenvalue weighted by Crippen LogP contribution is 2.18. The van der Waals surface area contributed by atoms with E-state index < -0.39 is 5.82 Å². The minimum absolute atomic E-state index is 0.0232. The lowest BCUT2D eigenvalue weighted by Gasteiger charge is -2.07. The summed E-state index contributed by atoms with van der Waals surface area (Å²) in [5, 5.41) is 12.0. The van der Waals surface area contributed by atoms with Crippen molar-refractivity contribution in [2.75, 3.05) is 7.11 Å². The lowest BCUT2D eigenvalue weighted by molar-refractivity contribution is 0.0950. The molecule has 2 aromatic carbocycles. The van der Waals surface area contributed by atoms with Crippen LogP contribution in [0.4, 0.5) is 4.39 Å². The molecule has 0 saturated carbocycles. The molecule has 0 atom stereocenters. The number of carbonyl (C=O) groups excluding carboxylic acids is 1. The van der Waals surface area contributed by atoms with Crippen LogP contribution in [0, 0.1) is 5.82 Å². The number of ether oxygens (including phenoxy) is 1. The van der Waals surface area contributed by atoms with E-state index >= 15 is 0 Å². The summed E-state index contributed by atoms with van der Waals surface area (Å²) in [5.41, 5.74) is 1.08. The first-order valence-corrected chi connectivity index (χ1v) is 6.00. The molecule has 0 aliphatic rings. The summed E-state index contributed by atoms with van der Waals surface area (Å²) in [6.07, 6.45) is 0. The maximum Gasteiger partial charge on any atom is 0.251 e. The van der Waals surface area contributed by atoms with E-state index in [2.05, 4.69) is 5.32 Å². The van der Waals surface area contributed by atoms with Gasteiger partial charge >= 0.3 is 0 Å². The molecule has 0 spiro atoms. The van der Waals surface area contributed by atoms with Gasteiger partial charge in [0.2, 0.25) is 0 Å². The smallest absolute Gasteiger partial charge is 0.251 e. The molecule has 0 aromatic heterocycles. The number of methoxy groups -OCH3 is 1. The Balaban J connectivity index is 2.05. The van der Waals surface area contributed by atoms with Crippen LogP contribution >= 0.6 is 0 Å². The van der Waals surface area contributed by atoms with E-state index in [1.54, 1.807) is 24.3 Å². The van der Waals surface area contributed by atoms with Gasteiger partial charge in [0.25, 0.3) is 5.91 Å². The third-order valence-corrected chi connectivity index (χ3v) is 2.78. The van der Waals surface area contributed by atoms with Gasteiger partial charge in [-0.25, -0.2) is 4.39 Å². The molecule has 0 aliphatic heterocycles. The Bertz CT molecular complexity index is 628. The van der Waals surface area contributed by atoms with Gasteiger partial charge in [-0.15, -0.1) is 0 Å². The van der Waals surface area contributed by atoms with Crippen LogP contribution in [0.15, 0.2) is 42.5 Å². The largest absolute Gasteiger partial charge is 0.508 e. The molecule has 0 radical (unpaired) electrons. The minimum Gasteiger partial charge on any atom is -0.508 e. The van der Waals surface area contributed by atoms with Gasteiger partial charge in [-0.2, -0.15) is 0 Å². The monoisotopic (exact) mass is 275 g/mol. The molecule has 2 rings (SSSR count). The van der Waals surface area contributed by atoms with E-state index in [9.17, 15) is 14.3 Å². The Kier molecular flexibility index (Phi) is 4.20. The zero-order valence-electron chi connectivity index (χ0n) is 10.9. The standard InChI is InChI=1S/C15H14FNO3/c1-20-14-8-11(5-6-13(14)16)15(19)17-9-10-3-2-4-12(18)7-10/h2-8,18H,9H2,1H3,(H,17,19). The Morgan fingerprint density at radius 1 is 1.30 bits per heavy atom. The average molecular weight is 275 g/mol. The van der Waals surface area contributed by atoms with Gasteiger partial charge in [0, 0.05) is 12.1 Å². The van der Waals surface area contributed by atoms with E-state index in [1.807, 2.05) is 0 Å². The Hall–Kier alpha value is -2.56. The second-order valence-corrected chi connectivity index (χ2v) is 4.20. The molecule has 0 heterocycles. The summed E-state index contributed by atoms with van der Waals surface area (Å²) in [6, 6.07) is 10.5. The molecule has 4 nitrogen and oxygen atoms in total. The minimum atomic E-state index is -0.517.